The summed E-state index contributed by atoms with van der Waals surface area (Å²) in [4.78, 5) is 8.65. The van der Waals surface area contributed by atoms with Crippen molar-refractivity contribution in [3.63, 3.8) is 0 Å². The summed E-state index contributed by atoms with van der Waals surface area (Å²) in [7, 11) is -6.61. The van der Waals surface area contributed by atoms with Crippen molar-refractivity contribution in [3.8, 4) is 12.4 Å². The van der Waals surface area contributed by atoms with Gasteiger partial charge in [0.15, 0.2) is 14.3 Å². The zero-order chi connectivity index (χ0) is 36.9. The summed E-state index contributed by atoms with van der Waals surface area (Å²) >= 11 is 0. The van der Waals surface area contributed by atoms with Crippen molar-refractivity contribution in [1.29, 1.82) is 10.5 Å². The molecule has 0 N–H and O–H groups in total. The van der Waals surface area contributed by atoms with Gasteiger partial charge in [-0.1, -0.05) is 146 Å². The Hall–Kier alpha value is -6.68. The van der Waals surface area contributed by atoms with E-state index in [0.29, 0.717) is 53.3 Å². The minimum absolute atomic E-state index is 0.463. The van der Waals surface area contributed by atoms with Gasteiger partial charge in [-0.05, 0) is 45.8 Å². The van der Waals surface area contributed by atoms with Gasteiger partial charge in [0.1, 0.15) is 0 Å². The van der Waals surface area contributed by atoms with E-state index in [-0.39, 0.29) is 0 Å². The summed E-state index contributed by atoms with van der Waals surface area (Å²) in [6, 6.07) is 53.5. The van der Waals surface area contributed by atoms with Gasteiger partial charge in [0.2, 0.25) is 12.4 Å². The molecule has 0 aliphatic carbocycles. The molecule has 254 valence electrons. The van der Waals surface area contributed by atoms with E-state index >= 15 is 9.13 Å². The monoisotopic (exact) mass is 730 g/mol. The molecule has 9 rings (SSSR count). The molecule has 0 aliphatic heterocycles. The van der Waals surface area contributed by atoms with Crippen molar-refractivity contribution in [2.75, 3.05) is 0 Å². The average Bonchev–Trinajstić information content (AvgIpc) is 3.71. The van der Waals surface area contributed by atoms with Gasteiger partial charge in [0.05, 0.1) is 10.7 Å². The molecular formula is C46H28N4O2P2. The predicted molar refractivity (Wildman–Crippen MR) is 220 cm³/mol. The molecule has 0 radical (unpaired) electrons. The van der Waals surface area contributed by atoms with Crippen molar-refractivity contribution in [2.24, 2.45) is 9.98 Å². The molecule has 0 unspecified atom stereocenters. The first-order chi connectivity index (χ1) is 26.5. The summed E-state index contributed by atoms with van der Waals surface area (Å²) in [5.41, 5.74) is 0. The van der Waals surface area contributed by atoms with E-state index in [1.54, 1.807) is 0 Å². The lowest BCUT2D eigenvalue weighted by Gasteiger charge is -2.20. The molecule has 0 spiro atoms. The maximum atomic E-state index is 15.3. The van der Waals surface area contributed by atoms with Crippen LogP contribution in [0.2, 0.25) is 0 Å². The van der Waals surface area contributed by atoms with Crippen LogP contribution >= 0.6 is 14.3 Å². The highest BCUT2D eigenvalue weighted by Crippen LogP contribution is 2.45. The van der Waals surface area contributed by atoms with Crippen molar-refractivity contribution in [3.05, 3.63) is 181 Å². The highest BCUT2D eigenvalue weighted by molar-refractivity contribution is 7.85. The van der Waals surface area contributed by atoms with E-state index in [1.165, 1.54) is 0 Å². The smallest absolute Gasteiger partial charge is 0.206 e. The Balaban J connectivity index is 1.32. The molecule has 9 aromatic carbocycles. The number of fused-ring (bicyclic) bond motifs is 6. The van der Waals surface area contributed by atoms with Gasteiger partial charge in [-0.15, -0.1) is 0 Å². The second kappa shape index (κ2) is 13.1. The minimum atomic E-state index is -3.31. The second-order valence-electron chi connectivity index (χ2n) is 13.1. The zero-order valence-electron chi connectivity index (χ0n) is 28.7. The van der Waals surface area contributed by atoms with Crippen LogP contribution in [0.25, 0.3) is 43.1 Å². The topological polar surface area (TPSA) is 106 Å². The van der Waals surface area contributed by atoms with Gasteiger partial charge in [-0.25, -0.2) is 0 Å². The van der Waals surface area contributed by atoms with Crippen molar-refractivity contribution in [2.45, 2.75) is 0 Å². The average molecular weight is 731 g/mol. The lowest BCUT2D eigenvalue weighted by atomic mass is 10.1. The Kier molecular flexibility index (Phi) is 8.03. The van der Waals surface area contributed by atoms with Crippen LogP contribution in [0.15, 0.2) is 180 Å². The van der Waals surface area contributed by atoms with E-state index in [0.717, 1.165) is 32.3 Å². The van der Waals surface area contributed by atoms with E-state index in [2.05, 4.69) is 16.1 Å². The van der Waals surface area contributed by atoms with Crippen LogP contribution in [0.5, 0.6) is 0 Å². The zero-order valence-corrected chi connectivity index (χ0v) is 30.5. The lowest BCUT2D eigenvalue weighted by Crippen LogP contribution is -2.25. The van der Waals surface area contributed by atoms with E-state index in [9.17, 15) is 10.5 Å². The Labute approximate surface area is 310 Å². The number of nitrogens with zero attached hydrogens (tertiary/aromatic N) is 4. The maximum Gasteiger partial charge on any atom is 0.206 e. The SMILES string of the molecule is N#CN=c1c2cc(P(=O)(c3ccccc3)c3ccccc3)ccc2c2cc3c(cc12)c(=NC#N)c1cc(P(=O)(c2ccccc2)c2ccccc2)ccc13. The molecule has 0 amide bonds. The summed E-state index contributed by atoms with van der Waals surface area (Å²) in [6.07, 6.45) is 3.99. The van der Waals surface area contributed by atoms with Gasteiger partial charge in [-0.3, -0.25) is 0 Å². The standard InChI is InChI=1S/C46H28N4O2P2/c47-29-49-45-41-25-35(53(51,31-13-5-1-6-14-31)32-15-7-2-8-16-32)21-23-37(41)39-27-40-38-24-22-36(26-42(38)46(50-30-48)44(40)28-43(39)45)54(52,33-17-9-3-10-18-33)34-19-11-4-12-20-34/h1-28H. The largest absolute Gasteiger partial charge is 0.309 e. The molecule has 9 aromatic rings. The van der Waals surface area contributed by atoms with Crippen LogP contribution in [0, 0.1) is 22.9 Å². The second-order valence-corrected chi connectivity index (χ2v) is 18.6. The number of benzene rings is 7. The van der Waals surface area contributed by atoms with Gasteiger partial charge < -0.3 is 9.13 Å². The van der Waals surface area contributed by atoms with Gasteiger partial charge in [-0.2, -0.15) is 20.5 Å². The van der Waals surface area contributed by atoms with Crippen molar-refractivity contribution in [1.82, 2.24) is 0 Å². The highest BCUT2D eigenvalue weighted by atomic mass is 31.2. The molecule has 0 aliphatic rings. The third-order valence-electron chi connectivity index (χ3n) is 10.3. The summed E-state index contributed by atoms with van der Waals surface area (Å²) in [5, 5.41) is 31.2. The van der Waals surface area contributed by atoms with Crippen LogP contribution in [-0.2, 0) is 9.13 Å². The number of rotatable bonds is 6. The van der Waals surface area contributed by atoms with Crippen LogP contribution < -0.4 is 42.5 Å². The molecule has 8 heteroatoms. The number of nitriles is 2. The van der Waals surface area contributed by atoms with Crippen molar-refractivity contribution < 1.29 is 9.13 Å². The molecule has 54 heavy (non-hydrogen) atoms. The van der Waals surface area contributed by atoms with Crippen LogP contribution in [0.4, 0.5) is 0 Å². The van der Waals surface area contributed by atoms with E-state index in [1.807, 2.05) is 176 Å². The Morgan fingerprint density at radius 3 is 0.944 bits per heavy atom. The normalized spacial score (nSPS) is 12.8. The first-order valence-electron chi connectivity index (χ1n) is 17.3. The molecule has 0 saturated carbocycles. The summed E-state index contributed by atoms with van der Waals surface area (Å²) in [6.45, 7) is 0. The van der Waals surface area contributed by atoms with Gasteiger partial charge >= 0.3 is 0 Å². The Morgan fingerprint density at radius 1 is 0.333 bits per heavy atom. The third-order valence-corrected chi connectivity index (χ3v) is 16.4. The Bertz CT molecular complexity index is 2930. The fourth-order valence-electron chi connectivity index (χ4n) is 7.83. The first kappa shape index (κ1) is 33.2. The van der Waals surface area contributed by atoms with E-state index < -0.39 is 14.3 Å². The molecule has 6 nitrogen and oxygen atoms in total. The minimum Gasteiger partial charge on any atom is -0.309 e. The third kappa shape index (κ3) is 5.01. The molecule has 0 aromatic heterocycles. The lowest BCUT2D eigenvalue weighted by molar-refractivity contribution is 0.591. The fraction of sp³-hybridized carbons (Fsp3) is 0. The van der Waals surface area contributed by atoms with Gasteiger partial charge in [0, 0.05) is 53.4 Å². The van der Waals surface area contributed by atoms with Gasteiger partial charge in [0.25, 0.3) is 0 Å². The molecule has 0 fully saturated rings. The molecule has 0 bridgehead atoms. The maximum absolute atomic E-state index is 15.3. The highest BCUT2D eigenvalue weighted by Gasteiger charge is 2.32. The predicted octanol–water partition coefficient (Wildman–Crippen LogP) is 7.22. The van der Waals surface area contributed by atoms with Crippen LogP contribution in [0.1, 0.15) is 0 Å². The summed E-state index contributed by atoms with van der Waals surface area (Å²) in [5.74, 6) is 0. The van der Waals surface area contributed by atoms with Crippen molar-refractivity contribution >= 4 is 89.2 Å². The van der Waals surface area contributed by atoms with E-state index in [4.69, 9.17) is 0 Å². The Morgan fingerprint density at radius 2 is 0.630 bits per heavy atom. The molecule has 0 saturated heterocycles. The summed E-state index contributed by atoms with van der Waals surface area (Å²) < 4.78 is 30.6. The molecule has 0 heterocycles. The molecular weight excluding hydrogens is 702 g/mol. The molecule has 0 atom stereocenters. The first-order valence-corrected chi connectivity index (χ1v) is 20.7. The van der Waals surface area contributed by atoms with Crippen LogP contribution in [0.3, 0.4) is 0 Å². The van der Waals surface area contributed by atoms with Crippen LogP contribution in [-0.4, -0.2) is 0 Å². The fourth-order valence-corrected chi connectivity index (χ4v) is 13.2. The quantitative estimate of drug-likeness (QED) is 0.133. The number of hydrogen-bond donors (Lipinski definition) is 0. The number of hydrogen-bond acceptors (Lipinski definition) is 6.